The Morgan fingerprint density at radius 2 is 2.12 bits per heavy atom. The van der Waals surface area contributed by atoms with Crippen molar-refractivity contribution in [2.24, 2.45) is 0 Å². The summed E-state index contributed by atoms with van der Waals surface area (Å²) in [7, 11) is 0. The number of halogens is 1. The second-order valence-corrected chi connectivity index (χ2v) is 7.36. The Morgan fingerprint density at radius 1 is 1.23 bits per heavy atom. The van der Waals surface area contributed by atoms with E-state index in [0.717, 1.165) is 54.2 Å². The molecule has 0 amide bonds. The maximum Gasteiger partial charge on any atom is 0.158 e. The first kappa shape index (κ1) is 17.3. The van der Waals surface area contributed by atoms with Gasteiger partial charge in [-0.2, -0.15) is 9.61 Å². The van der Waals surface area contributed by atoms with Crippen molar-refractivity contribution >= 4 is 23.1 Å². The molecule has 5 nitrogen and oxygen atoms in total. The maximum absolute atomic E-state index is 9.46. The fourth-order valence-corrected chi connectivity index (χ4v) is 4.02. The minimum absolute atomic E-state index is 0.210. The third kappa shape index (κ3) is 3.29. The molecule has 1 saturated heterocycles. The van der Waals surface area contributed by atoms with Gasteiger partial charge in [0, 0.05) is 47.6 Å². The van der Waals surface area contributed by atoms with E-state index in [0.29, 0.717) is 11.1 Å². The van der Waals surface area contributed by atoms with Crippen LogP contribution in [0.4, 0.5) is 5.82 Å². The average Bonchev–Trinajstić information content (AvgIpc) is 3.06. The molecule has 2 aromatic heterocycles. The molecule has 1 aromatic carbocycles. The van der Waals surface area contributed by atoms with Crippen molar-refractivity contribution in [3.8, 4) is 11.3 Å². The van der Waals surface area contributed by atoms with Crippen molar-refractivity contribution in [1.82, 2.24) is 14.6 Å². The Labute approximate surface area is 158 Å². The SMILES string of the molecule is Cc1cc(N2CCCCC2CCO)n2nc(-c3cccc(Cl)c3)cc2n1. The van der Waals surface area contributed by atoms with Gasteiger partial charge in [0.1, 0.15) is 5.82 Å². The number of fused-ring (bicyclic) bond motifs is 1. The number of rotatable bonds is 4. The van der Waals surface area contributed by atoms with Gasteiger partial charge in [0.2, 0.25) is 0 Å². The Morgan fingerprint density at radius 3 is 2.92 bits per heavy atom. The summed E-state index contributed by atoms with van der Waals surface area (Å²) in [5, 5.41) is 15.0. The molecule has 0 aliphatic carbocycles. The molecule has 4 rings (SSSR count). The summed E-state index contributed by atoms with van der Waals surface area (Å²) in [5.74, 6) is 1.05. The van der Waals surface area contributed by atoms with Crippen molar-refractivity contribution < 1.29 is 5.11 Å². The number of piperidine rings is 1. The van der Waals surface area contributed by atoms with Crippen LogP contribution in [0.2, 0.25) is 5.02 Å². The zero-order chi connectivity index (χ0) is 18.1. The molecular weight excluding hydrogens is 348 g/mol. The molecule has 1 aliphatic heterocycles. The zero-order valence-electron chi connectivity index (χ0n) is 14.9. The van der Waals surface area contributed by atoms with E-state index < -0.39 is 0 Å². The van der Waals surface area contributed by atoms with Gasteiger partial charge in [-0.25, -0.2) is 4.98 Å². The monoisotopic (exact) mass is 370 g/mol. The Bertz CT molecular complexity index is 921. The van der Waals surface area contributed by atoms with Crippen molar-refractivity contribution in [3.05, 3.63) is 47.1 Å². The van der Waals surface area contributed by atoms with Gasteiger partial charge in [-0.15, -0.1) is 0 Å². The number of hydrogen-bond acceptors (Lipinski definition) is 4. The minimum atomic E-state index is 0.210. The topological polar surface area (TPSA) is 53.7 Å². The fourth-order valence-electron chi connectivity index (χ4n) is 3.83. The summed E-state index contributed by atoms with van der Waals surface area (Å²) in [6, 6.07) is 12.2. The molecule has 3 aromatic rings. The summed E-state index contributed by atoms with van der Waals surface area (Å²) < 4.78 is 1.93. The van der Waals surface area contributed by atoms with Crippen LogP contribution in [0.25, 0.3) is 16.9 Å². The molecule has 0 bridgehead atoms. The second kappa shape index (κ2) is 7.25. The number of hydrogen-bond donors (Lipinski definition) is 1. The van der Waals surface area contributed by atoms with Gasteiger partial charge in [0.25, 0.3) is 0 Å². The molecule has 1 aliphatic rings. The fraction of sp³-hybridized carbons (Fsp3) is 0.400. The van der Waals surface area contributed by atoms with Gasteiger partial charge in [-0.3, -0.25) is 0 Å². The third-order valence-electron chi connectivity index (χ3n) is 5.04. The van der Waals surface area contributed by atoms with Crippen molar-refractivity contribution in [2.45, 2.75) is 38.6 Å². The quantitative estimate of drug-likeness (QED) is 0.751. The maximum atomic E-state index is 9.46. The summed E-state index contributed by atoms with van der Waals surface area (Å²) in [4.78, 5) is 7.05. The molecule has 0 spiro atoms. The molecule has 1 atom stereocenters. The van der Waals surface area contributed by atoms with Crippen LogP contribution in [0.1, 0.15) is 31.4 Å². The van der Waals surface area contributed by atoms with Crippen molar-refractivity contribution in [1.29, 1.82) is 0 Å². The highest BCUT2D eigenvalue weighted by Crippen LogP contribution is 2.29. The van der Waals surface area contributed by atoms with Crippen LogP contribution in [0.5, 0.6) is 0 Å². The van der Waals surface area contributed by atoms with Gasteiger partial charge in [0.05, 0.1) is 5.69 Å². The van der Waals surface area contributed by atoms with Crippen LogP contribution in [0.3, 0.4) is 0 Å². The molecule has 0 saturated carbocycles. The number of aromatic nitrogens is 3. The minimum Gasteiger partial charge on any atom is -0.396 e. The number of aliphatic hydroxyl groups is 1. The predicted molar refractivity (Wildman–Crippen MR) is 105 cm³/mol. The largest absolute Gasteiger partial charge is 0.396 e. The van der Waals surface area contributed by atoms with Gasteiger partial charge in [-0.05, 0) is 44.7 Å². The summed E-state index contributed by atoms with van der Waals surface area (Å²) >= 11 is 6.14. The predicted octanol–water partition coefficient (Wildman–Crippen LogP) is 4.10. The van der Waals surface area contributed by atoms with Crippen LogP contribution in [-0.4, -0.2) is 38.9 Å². The molecular formula is C20H23ClN4O. The number of nitrogens with zero attached hydrogens (tertiary/aromatic N) is 4. The van der Waals surface area contributed by atoms with Crippen LogP contribution in [0.15, 0.2) is 36.4 Å². The first-order chi connectivity index (χ1) is 12.7. The summed E-state index contributed by atoms with van der Waals surface area (Å²) in [6.07, 6.45) is 4.26. The van der Waals surface area contributed by atoms with Crippen LogP contribution < -0.4 is 4.90 Å². The number of aliphatic hydroxyl groups excluding tert-OH is 1. The van der Waals surface area contributed by atoms with E-state index >= 15 is 0 Å². The van der Waals surface area contributed by atoms with Gasteiger partial charge < -0.3 is 10.0 Å². The molecule has 6 heteroatoms. The van der Waals surface area contributed by atoms with Gasteiger partial charge in [-0.1, -0.05) is 23.7 Å². The Kier molecular flexibility index (Phi) is 4.83. The molecule has 136 valence electrons. The summed E-state index contributed by atoms with van der Waals surface area (Å²) in [5.41, 5.74) is 3.65. The average molecular weight is 371 g/mol. The first-order valence-corrected chi connectivity index (χ1v) is 9.54. The molecule has 1 fully saturated rings. The smallest absolute Gasteiger partial charge is 0.158 e. The Hall–Kier alpha value is -2.11. The van der Waals surface area contributed by atoms with Crippen LogP contribution in [0, 0.1) is 6.92 Å². The van der Waals surface area contributed by atoms with E-state index in [4.69, 9.17) is 16.7 Å². The number of anilines is 1. The Balaban J connectivity index is 1.81. The number of benzene rings is 1. The van der Waals surface area contributed by atoms with Crippen LogP contribution in [-0.2, 0) is 0 Å². The van der Waals surface area contributed by atoms with E-state index in [1.54, 1.807) is 0 Å². The highest BCUT2D eigenvalue weighted by Gasteiger charge is 2.25. The molecule has 1 unspecified atom stereocenters. The first-order valence-electron chi connectivity index (χ1n) is 9.16. The molecule has 1 N–H and O–H groups in total. The van der Waals surface area contributed by atoms with E-state index in [1.807, 2.05) is 41.8 Å². The molecule has 0 radical (unpaired) electrons. The normalized spacial score (nSPS) is 17.8. The lowest BCUT2D eigenvalue weighted by molar-refractivity contribution is 0.262. The van der Waals surface area contributed by atoms with Gasteiger partial charge >= 0.3 is 0 Å². The van der Waals surface area contributed by atoms with Crippen LogP contribution >= 0.6 is 11.6 Å². The second-order valence-electron chi connectivity index (χ2n) is 6.92. The molecule has 3 heterocycles. The lowest BCUT2D eigenvalue weighted by Crippen LogP contribution is -2.41. The lowest BCUT2D eigenvalue weighted by Gasteiger charge is -2.37. The van der Waals surface area contributed by atoms with Crippen molar-refractivity contribution in [3.63, 3.8) is 0 Å². The van der Waals surface area contributed by atoms with E-state index in [9.17, 15) is 5.11 Å². The number of aryl methyl sites for hydroxylation is 1. The highest BCUT2D eigenvalue weighted by molar-refractivity contribution is 6.30. The lowest BCUT2D eigenvalue weighted by atomic mass is 9.99. The third-order valence-corrected chi connectivity index (χ3v) is 5.28. The highest BCUT2D eigenvalue weighted by atomic mass is 35.5. The molecule has 26 heavy (non-hydrogen) atoms. The summed E-state index contributed by atoms with van der Waals surface area (Å²) in [6.45, 7) is 3.21. The van der Waals surface area contributed by atoms with Crippen molar-refractivity contribution in [2.75, 3.05) is 18.1 Å². The van der Waals surface area contributed by atoms with Gasteiger partial charge in [0.15, 0.2) is 5.65 Å². The zero-order valence-corrected chi connectivity index (χ0v) is 15.7. The van der Waals surface area contributed by atoms with E-state index in [-0.39, 0.29) is 6.61 Å². The van der Waals surface area contributed by atoms with E-state index in [2.05, 4.69) is 16.0 Å². The standard InChI is InChI=1S/C20H23ClN4O/c1-14-11-20(24-9-3-2-7-17(24)8-10-26)25-19(22-14)13-18(23-25)15-5-4-6-16(21)12-15/h4-6,11-13,17,26H,2-3,7-10H2,1H3. The van der Waals surface area contributed by atoms with E-state index in [1.165, 1.54) is 6.42 Å².